The summed E-state index contributed by atoms with van der Waals surface area (Å²) in [5, 5.41) is 0. The Morgan fingerprint density at radius 3 is 1.02 bits per heavy atom. The van der Waals surface area contributed by atoms with Crippen LogP contribution in [0.2, 0.25) is 0 Å². The van der Waals surface area contributed by atoms with E-state index in [0.29, 0.717) is 13.2 Å². The molecular formula is C33H28F8O2. The lowest BCUT2D eigenvalue weighted by Gasteiger charge is -2.10. The summed E-state index contributed by atoms with van der Waals surface area (Å²) in [7, 11) is 0. The van der Waals surface area contributed by atoms with Crippen LogP contribution >= 0.6 is 0 Å². The number of benzene rings is 4. The average Bonchev–Trinajstić information content (AvgIpc) is 2.97. The standard InChI is InChI=1S/C33H28F8O2/c34-26-18-22(8-10-24(26)20-14-28(36)32(40)29(37)15-20)42-12-6-4-2-1-3-5-7-13-43-23-9-11-25(27(35)19-23)21-16-30(38)33(41)31(39)17-21/h8-11,14-19H,1-7,12-13H2. The van der Waals surface area contributed by atoms with E-state index >= 15 is 0 Å². The zero-order chi connectivity index (χ0) is 30.9. The lowest BCUT2D eigenvalue weighted by molar-refractivity contribution is 0.298. The van der Waals surface area contributed by atoms with Crippen molar-refractivity contribution < 1.29 is 44.6 Å². The molecule has 0 aliphatic rings. The molecule has 0 heterocycles. The topological polar surface area (TPSA) is 18.5 Å². The fraction of sp³-hybridized carbons (Fsp3) is 0.273. The molecule has 0 spiro atoms. The van der Waals surface area contributed by atoms with Crippen molar-refractivity contribution in [3.05, 3.63) is 107 Å². The van der Waals surface area contributed by atoms with Crippen molar-refractivity contribution in [3.8, 4) is 33.8 Å². The Hall–Kier alpha value is -4.08. The molecule has 0 radical (unpaired) electrons. The molecule has 0 bridgehead atoms. The molecule has 0 N–H and O–H groups in total. The summed E-state index contributed by atoms with van der Waals surface area (Å²) < 4.78 is 120. The molecule has 4 aromatic rings. The van der Waals surface area contributed by atoms with Crippen molar-refractivity contribution in [3.63, 3.8) is 0 Å². The second-order valence-corrected chi connectivity index (χ2v) is 9.96. The van der Waals surface area contributed by atoms with Gasteiger partial charge in [-0.3, -0.25) is 0 Å². The van der Waals surface area contributed by atoms with Crippen LogP contribution in [0.15, 0.2) is 60.7 Å². The first kappa shape index (κ1) is 31.8. The van der Waals surface area contributed by atoms with Crippen molar-refractivity contribution in [1.29, 1.82) is 0 Å². The average molecular weight is 609 g/mol. The van der Waals surface area contributed by atoms with Gasteiger partial charge in [-0.05, 0) is 72.5 Å². The van der Waals surface area contributed by atoms with Gasteiger partial charge in [0, 0.05) is 23.3 Å². The molecule has 0 saturated heterocycles. The highest BCUT2D eigenvalue weighted by atomic mass is 19.2. The largest absolute Gasteiger partial charge is 0.493 e. The van der Waals surface area contributed by atoms with Gasteiger partial charge in [0.1, 0.15) is 23.1 Å². The van der Waals surface area contributed by atoms with Crippen LogP contribution in [-0.2, 0) is 0 Å². The summed E-state index contributed by atoms with van der Waals surface area (Å²) in [5.74, 6) is -9.74. The molecule has 0 aliphatic carbocycles. The minimum absolute atomic E-state index is 0.0712. The molecule has 0 atom stereocenters. The Morgan fingerprint density at radius 2 is 0.698 bits per heavy atom. The maximum Gasteiger partial charge on any atom is 0.194 e. The molecule has 0 unspecified atom stereocenters. The van der Waals surface area contributed by atoms with Gasteiger partial charge < -0.3 is 9.47 Å². The molecule has 2 nitrogen and oxygen atoms in total. The Kier molecular flexibility index (Phi) is 11.0. The number of hydrogen-bond acceptors (Lipinski definition) is 2. The second kappa shape index (κ2) is 14.9. The normalized spacial score (nSPS) is 11.2. The van der Waals surface area contributed by atoms with E-state index in [1.54, 1.807) is 0 Å². The quantitative estimate of drug-likeness (QED) is 0.0806. The zero-order valence-electron chi connectivity index (χ0n) is 23.0. The number of rotatable bonds is 14. The van der Waals surface area contributed by atoms with Crippen molar-refractivity contribution in [2.75, 3.05) is 13.2 Å². The molecule has 0 aromatic heterocycles. The van der Waals surface area contributed by atoms with Gasteiger partial charge in [-0.1, -0.05) is 32.1 Å². The molecule has 4 aromatic carbocycles. The molecule has 0 fully saturated rings. The van der Waals surface area contributed by atoms with E-state index in [2.05, 4.69) is 0 Å². The van der Waals surface area contributed by atoms with Crippen LogP contribution in [0.25, 0.3) is 22.3 Å². The summed E-state index contributed by atoms with van der Waals surface area (Å²) in [4.78, 5) is 0. The Labute approximate surface area is 243 Å². The Bertz CT molecular complexity index is 1400. The van der Waals surface area contributed by atoms with Crippen LogP contribution in [0.5, 0.6) is 11.5 Å². The summed E-state index contributed by atoms with van der Waals surface area (Å²) in [6.45, 7) is 0.736. The first-order chi connectivity index (χ1) is 20.6. The Morgan fingerprint density at radius 1 is 0.372 bits per heavy atom. The summed E-state index contributed by atoms with van der Waals surface area (Å²) in [6.07, 6.45) is 6.23. The number of unbranched alkanes of at least 4 members (excludes halogenated alkanes) is 6. The molecule has 0 saturated carbocycles. The minimum Gasteiger partial charge on any atom is -0.493 e. The van der Waals surface area contributed by atoms with Gasteiger partial charge in [0.05, 0.1) is 13.2 Å². The van der Waals surface area contributed by atoms with Gasteiger partial charge in [0.2, 0.25) is 0 Å². The van der Waals surface area contributed by atoms with Crippen LogP contribution in [0, 0.1) is 46.5 Å². The van der Waals surface area contributed by atoms with E-state index in [4.69, 9.17) is 9.47 Å². The van der Waals surface area contributed by atoms with Crippen molar-refractivity contribution in [2.24, 2.45) is 0 Å². The summed E-state index contributed by atoms with van der Waals surface area (Å²) in [5.41, 5.74) is -0.373. The number of halogens is 8. The van der Waals surface area contributed by atoms with Gasteiger partial charge >= 0.3 is 0 Å². The van der Waals surface area contributed by atoms with E-state index in [9.17, 15) is 35.1 Å². The SMILES string of the molecule is Fc1cc(OCCCCCCCCCOc2ccc(-c3cc(F)c(F)c(F)c3)c(F)c2)ccc1-c1cc(F)c(F)c(F)c1. The third kappa shape index (κ3) is 8.49. The van der Waals surface area contributed by atoms with Crippen molar-refractivity contribution in [2.45, 2.75) is 44.9 Å². The van der Waals surface area contributed by atoms with Gasteiger partial charge in [-0.2, -0.15) is 0 Å². The predicted molar refractivity (Wildman–Crippen MR) is 147 cm³/mol. The number of hydrogen-bond donors (Lipinski definition) is 0. The summed E-state index contributed by atoms with van der Waals surface area (Å²) in [6, 6.07) is 10.8. The fourth-order valence-electron chi connectivity index (χ4n) is 4.53. The number of ether oxygens (including phenoxy) is 2. The van der Waals surface area contributed by atoms with E-state index in [-0.39, 0.29) is 33.8 Å². The minimum atomic E-state index is -1.61. The fourth-order valence-corrected chi connectivity index (χ4v) is 4.53. The molecule has 0 aliphatic heterocycles. The molecule has 10 heteroatoms. The van der Waals surface area contributed by atoms with Crippen LogP contribution in [0.1, 0.15) is 44.9 Å². The zero-order valence-corrected chi connectivity index (χ0v) is 23.0. The van der Waals surface area contributed by atoms with Crippen molar-refractivity contribution >= 4 is 0 Å². The van der Waals surface area contributed by atoms with E-state index < -0.39 is 46.5 Å². The predicted octanol–water partition coefficient (Wildman–Crippen LogP) is 10.3. The van der Waals surface area contributed by atoms with Gasteiger partial charge in [-0.15, -0.1) is 0 Å². The van der Waals surface area contributed by atoms with E-state index in [0.717, 1.165) is 81.3 Å². The first-order valence-corrected chi connectivity index (χ1v) is 13.8. The second-order valence-electron chi connectivity index (χ2n) is 9.96. The highest BCUT2D eigenvalue weighted by Gasteiger charge is 2.16. The molecule has 4 rings (SSSR count). The monoisotopic (exact) mass is 608 g/mol. The lowest BCUT2D eigenvalue weighted by atomic mass is 10.0. The molecule has 0 amide bonds. The molecule has 228 valence electrons. The third-order valence-electron chi connectivity index (χ3n) is 6.80. The molecule has 43 heavy (non-hydrogen) atoms. The third-order valence-corrected chi connectivity index (χ3v) is 6.80. The smallest absolute Gasteiger partial charge is 0.194 e. The van der Waals surface area contributed by atoms with Gasteiger partial charge in [0.25, 0.3) is 0 Å². The van der Waals surface area contributed by atoms with Crippen molar-refractivity contribution in [1.82, 2.24) is 0 Å². The highest BCUT2D eigenvalue weighted by Crippen LogP contribution is 2.30. The van der Waals surface area contributed by atoms with Crippen LogP contribution in [-0.4, -0.2) is 13.2 Å². The maximum atomic E-state index is 14.5. The van der Waals surface area contributed by atoms with Crippen LogP contribution in [0.3, 0.4) is 0 Å². The van der Waals surface area contributed by atoms with Gasteiger partial charge in [0.15, 0.2) is 34.9 Å². The summed E-state index contributed by atoms with van der Waals surface area (Å²) >= 11 is 0. The van der Waals surface area contributed by atoms with Crippen LogP contribution < -0.4 is 9.47 Å². The van der Waals surface area contributed by atoms with Crippen LogP contribution in [0.4, 0.5) is 35.1 Å². The van der Waals surface area contributed by atoms with E-state index in [1.165, 1.54) is 24.3 Å². The highest BCUT2D eigenvalue weighted by molar-refractivity contribution is 5.66. The van der Waals surface area contributed by atoms with E-state index in [1.807, 2.05) is 0 Å². The first-order valence-electron chi connectivity index (χ1n) is 13.8. The molecular weight excluding hydrogens is 580 g/mol. The maximum absolute atomic E-state index is 14.5. The van der Waals surface area contributed by atoms with Gasteiger partial charge in [-0.25, -0.2) is 35.1 Å². The Balaban J connectivity index is 1.08. The lowest BCUT2D eigenvalue weighted by Crippen LogP contribution is -1.99.